The third kappa shape index (κ3) is 6.10. The second-order valence-electron chi connectivity index (χ2n) is 8.99. The molecule has 2 aromatic carbocycles. The van der Waals surface area contributed by atoms with E-state index in [0.717, 1.165) is 63.4 Å². The highest BCUT2D eigenvalue weighted by atomic mass is 35.5. The van der Waals surface area contributed by atoms with Gasteiger partial charge in [-0.15, -0.1) is 0 Å². The van der Waals surface area contributed by atoms with Crippen molar-refractivity contribution in [2.24, 2.45) is 0 Å². The molecule has 5 rings (SSSR count). The molecule has 1 aromatic heterocycles. The van der Waals surface area contributed by atoms with Gasteiger partial charge in [0.05, 0.1) is 32.1 Å². The second-order valence-corrected chi connectivity index (χ2v) is 9.37. The van der Waals surface area contributed by atoms with E-state index in [2.05, 4.69) is 43.3 Å². The number of nitrogens with one attached hydrogen (secondary N) is 1. The molecule has 196 valence electrons. The molecule has 0 saturated carbocycles. The maximum Gasteiger partial charge on any atom is 0.229 e. The van der Waals surface area contributed by atoms with Crippen molar-refractivity contribution in [3.8, 4) is 0 Å². The van der Waals surface area contributed by atoms with Crippen LogP contribution in [0.5, 0.6) is 0 Å². The van der Waals surface area contributed by atoms with Gasteiger partial charge in [0.2, 0.25) is 5.95 Å². The Morgan fingerprint density at radius 2 is 1.73 bits per heavy atom. The molecule has 11 heteroatoms. The Hall–Kier alpha value is -3.05. The summed E-state index contributed by atoms with van der Waals surface area (Å²) in [5.41, 5.74) is 3.23. The molecule has 0 aliphatic carbocycles. The van der Waals surface area contributed by atoms with Crippen molar-refractivity contribution in [3.63, 3.8) is 0 Å². The van der Waals surface area contributed by atoms with Crippen LogP contribution in [0, 0.1) is 11.6 Å². The summed E-state index contributed by atoms with van der Waals surface area (Å²) in [6, 6.07) is 10.5. The minimum Gasteiger partial charge on any atom is -0.379 e. The predicted octanol–water partition coefficient (Wildman–Crippen LogP) is 4.59. The first-order chi connectivity index (χ1) is 18.0. The van der Waals surface area contributed by atoms with E-state index < -0.39 is 16.7 Å². The SMILES string of the molecule is CN(c1ccnc(Nc2cc(CN3CCOCC3)cc(N3CCOCC3)c2)n1)c1ccc(F)c(Cl)c1F. The Morgan fingerprint density at radius 1 is 1.00 bits per heavy atom. The predicted molar refractivity (Wildman–Crippen MR) is 140 cm³/mol. The molecule has 1 N–H and O–H groups in total. The number of hydrogen-bond acceptors (Lipinski definition) is 8. The molecule has 8 nitrogen and oxygen atoms in total. The fraction of sp³-hybridized carbons (Fsp3) is 0.385. The fourth-order valence-electron chi connectivity index (χ4n) is 4.48. The van der Waals surface area contributed by atoms with E-state index in [-0.39, 0.29) is 5.69 Å². The van der Waals surface area contributed by atoms with Crippen molar-refractivity contribution in [2.75, 3.05) is 74.8 Å². The summed E-state index contributed by atoms with van der Waals surface area (Å²) in [7, 11) is 1.64. The van der Waals surface area contributed by atoms with E-state index in [1.54, 1.807) is 19.3 Å². The quantitative estimate of drug-likeness (QED) is 0.445. The van der Waals surface area contributed by atoms with Gasteiger partial charge in [0.1, 0.15) is 16.7 Å². The number of nitrogens with zero attached hydrogens (tertiary/aromatic N) is 5. The van der Waals surface area contributed by atoms with Crippen LogP contribution >= 0.6 is 11.6 Å². The van der Waals surface area contributed by atoms with Crippen LogP contribution in [0.1, 0.15) is 5.56 Å². The van der Waals surface area contributed by atoms with Crippen LogP contribution in [0.4, 0.5) is 37.6 Å². The number of benzene rings is 2. The molecule has 0 unspecified atom stereocenters. The third-order valence-corrected chi connectivity index (χ3v) is 6.83. The van der Waals surface area contributed by atoms with Crippen molar-refractivity contribution < 1.29 is 18.3 Å². The highest BCUT2D eigenvalue weighted by Gasteiger charge is 2.18. The van der Waals surface area contributed by atoms with Crippen LogP contribution in [0.15, 0.2) is 42.6 Å². The number of rotatable bonds is 7. The molecule has 37 heavy (non-hydrogen) atoms. The first kappa shape index (κ1) is 25.6. The molecule has 0 radical (unpaired) electrons. The Morgan fingerprint density at radius 3 is 2.49 bits per heavy atom. The Balaban J connectivity index is 1.40. The molecule has 2 aliphatic rings. The average molecular weight is 531 g/mol. The monoisotopic (exact) mass is 530 g/mol. The van der Waals surface area contributed by atoms with Gasteiger partial charge < -0.3 is 24.6 Å². The van der Waals surface area contributed by atoms with Crippen molar-refractivity contribution in [2.45, 2.75) is 6.54 Å². The summed E-state index contributed by atoms with van der Waals surface area (Å²) in [4.78, 5) is 15.1. The molecule has 0 atom stereocenters. The number of morpholine rings is 2. The van der Waals surface area contributed by atoms with Crippen LogP contribution in [0.2, 0.25) is 5.02 Å². The lowest BCUT2D eigenvalue weighted by Crippen LogP contribution is -2.37. The third-order valence-electron chi connectivity index (χ3n) is 6.48. The summed E-state index contributed by atoms with van der Waals surface area (Å²) in [5, 5.41) is 2.76. The smallest absolute Gasteiger partial charge is 0.229 e. The minimum absolute atomic E-state index is 0.109. The maximum atomic E-state index is 14.6. The Labute approximate surface area is 219 Å². The summed E-state index contributed by atoms with van der Waals surface area (Å²) < 4.78 is 39.3. The van der Waals surface area contributed by atoms with Crippen LogP contribution in [-0.2, 0) is 16.0 Å². The lowest BCUT2D eigenvalue weighted by molar-refractivity contribution is 0.0342. The van der Waals surface area contributed by atoms with E-state index in [9.17, 15) is 8.78 Å². The molecule has 2 aliphatic heterocycles. The van der Waals surface area contributed by atoms with Crippen LogP contribution in [-0.4, -0.2) is 74.5 Å². The van der Waals surface area contributed by atoms with Gasteiger partial charge in [-0.2, -0.15) is 4.98 Å². The van der Waals surface area contributed by atoms with Crippen LogP contribution < -0.4 is 15.1 Å². The first-order valence-electron chi connectivity index (χ1n) is 12.2. The largest absolute Gasteiger partial charge is 0.379 e. The fourth-order valence-corrected chi connectivity index (χ4v) is 4.64. The van der Waals surface area contributed by atoms with Gasteiger partial charge in [-0.05, 0) is 42.0 Å². The minimum atomic E-state index is -0.844. The maximum absolute atomic E-state index is 14.6. The molecule has 2 fully saturated rings. The highest BCUT2D eigenvalue weighted by Crippen LogP contribution is 2.32. The molecular formula is C26H29ClF2N6O2. The average Bonchev–Trinajstić information content (AvgIpc) is 2.92. The normalized spacial score (nSPS) is 16.6. The van der Waals surface area contributed by atoms with E-state index in [1.807, 2.05) is 0 Å². The van der Waals surface area contributed by atoms with Gasteiger partial charge in [-0.25, -0.2) is 13.8 Å². The van der Waals surface area contributed by atoms with Crippen molar-refractivity contribution >= 4 is 40.4 Å². The van der Waals surface area contributed by atoms with E-state index in [1.165, 1.54) is 16.5 Å². The summed E-state index contributed by atoms with van der Waals surface area (Å²) in [6.45, 7) is 7.11. The van der Waals surface area contributed by atoms with Crippen LogP contribution in [0.25, 0.3) is 0 Å². The van der Waals surface area contributed by atoms with Crippen molar-refractivity contribution in [1.29, 1.82) is 0 Å². The second kappa shape index (κ2) is 11.6. The lowest BCUT2D eigenvalue weighted by atomic mass is 10.1. The number of anilines is 5. The zero-order valence-electron chi connectivity index (χ0n) is 20.6. The zero-order valence-corrected chi connectivity index (χ0v) is 21.3. The lowest BCUT2D eigenvalue weighted by Gasteiger charge is -2.31. The molecule has 0 amide bonds. The number of hydrogen-bond donors (Lipinski definition) is 1. The van der Waals surface area contributed by atoms with Crippen molar-refractivity contribution in [1.82, 2.24) is 14.9 Å². The van der Waals surface area contributed by atoms with Gasteiger partial charge in [-0.1, -0.05) is 11.6 Å². The molecule has 3 heterocycles. The Bertz CT molecular complexity index is 1240. The molecule has 2 saturated heterocycles. The van der Waals surface area contributed by atoms with Crippen LogP contribution in [0.3, 0.4) is 0 Å². The summed E-state index contributed by atoms with van der Waals surface area (Å²) in [5.74, 6) is -0.871. The summed E-state index contributed by atoms with van der Waals surface area (Å²) >= 11 is 5.77. The standard InChI is InChI=1S/C26H29ClF2N6O2/c1-33(22-3-2-21(28)24(27)25(22)29)23-4-5-30-26(32-23)31-19-14-18(17-34-6-10-36-11-7-34)15-20(16-19)35-8-12-37-13-9-35/h2-5,14-16H,6-13,17H2,1H3,(H,30,31,32). The zero-order chi connectivity index (χ0) is 25.8. The first-order valence-corrected chi connectivity index (χ1v) is 12.6. The van der Waals surface area contributed by atoms with Gasteiger partial charge >= 0.3 is 0 Å². The van der Waals surface area contributed by atoms with Gasteiger partial charge in [-0.3, -0.25) is 4.90 Å². The summed E-state index contributed by atoms with van der Waals surface area (Å²) in [6.07, 6.45) is 1.59. The van der Waals surface area contributed by atoms with Gasteiger partial charge in [0, 0.05) is 57.3 Å². The van der Waals surface area contributed by atoms with E-state index in [0.29, 0.717) is 25.0 Å². The van der Waals surface area contributed by atoms with Gasteiger partial charge in [0.15, 0.2) is 5.82 Å². The highest BCUT2D eigenvalue weighted by molar-refractivity contribution is 6.31. The topological polar surface area (TPSA) is 66.0 Å². The van der Waals surface area contributed by atoms with E-state index >= 15 is 0 Å². The number of ether oxygens (including phenoxy) is 2. The molecule has 0 spiro atoms. The Kier molecular flexibility index (Phi) is 7.99. The van der Waals surface area contributed by atoms with Crippen molar-refractivity contribution in [3.05, 3.63) is 64.8 Å². The molecule has 0 bridgehead atoms. The molecular weight excluding hydrogens is 502 g/mol. The number of halogens is 3. The number of aromatic nitrogens is 2. The van der Waals surface area contributed by atoms with E-state index in [4.69, 9.17) is 21.1 Å². The van der Waals surface area contributed by atoms with Gasteiger partial charge in [0.25, 0.3) is 0 Å². The molecule has 3 aromatic rings.